The quantitative estimate of drug-likeness (QED) is 0.860. The minimum atomic E-state index is -0.503. The summed E-state index contributed by atoms with van der Waals surface area (Å²) in [4.78, 5) is 22.9. The monoisotopic (exact) mass is 312 g/mol. The highest BCUT2D eigenvalue weighted by molar-refractivity contribution is 5.95. The van der Waals surface area contributed by atoms with Crippen molar-refractivity contribution in [3.63, 3.8) is 0 Å². The van der Waals surface area contributed by atoms with Crippen LogP contribution < -0.4 is 15.8 Å². The van der Waals surface area contributed by atoms with Crippen LogP contribution in [0.1, 0.15) is 35.7 Å². The van der Waals surface area contributed by atoms with Crippen molar-refractivity contribution in [1.82, 2.24) is 0 Å². The second-order valence-electron chi connectivity index (χ2n) is 5.51. The molecule has 0 saturated heterocycles. The Labute approximate surface area is 135 Å². The van der Waals surface area contributed by atoms with E-state index in [1.54, 1.807) is 24.3 Å². The molecular formula is C18H20N2O3. The molecule has 0 aromatic heterocycles. The number of hydrogen-bond donors (Lipinski definition) is 2. The van der Waals surface area contributed by atoms with Crippen LogP contribution in [0, 0.1) is 0 Å². The van der Waals surface area contributed by atoms with Gasteiger partial charge < -0.3 is 15.8 Å². The highest BCUT2D eigenvalue weighted by Crippen LogP contribution is 2.20. The van der Waals surface area contributed by atoms with Gasteiger partial charge in [0.2, 0.25) is 5.91 Å². The van der Waals surface area contributed by atoms with Crippen LogP contribution >= 0.6 is 0 Å². The number of amides is 2. The van der Waals surface area contributed by atoms with E-state index in [2.05, 4.69) is 19.2 Å². The van der Waals surface area contributed by atoms with Crippen LogP contribution in [0.5, 0.6) is 5.75 Å². The van der Waals surface area contributed by atoms with E-state index in [0.717, 1.165) is 5.56 Å². The zero-order valence-corrected chi connectivity index (χ0v) is 13.2. The third kappa shape index (κ3) is 4.85. The summed E-state index contributed by atoms with van der Waals surface area (Å²) in [5.41, 5.74) is 7.30. The summed E-state index contributed by atoms with van der Waals surface area (Å²) in [6, 6.07) is 14.0. The molecule has 0 fully saturated rings. The van der Waals surface area contributed by atoms with Crippen molar-refractivity contribution < 1.29 is 14.3 Å². The molecule has 3 N–H and O–H groups in total. The fraction of sp³-hybridized carbons (Fsp3) is 0.222. The Hall–Kier alpha value is -2.82. The molecule has 0 aliphatic carbocycles. The molecule has 0 aliphatic rings. The fourth-order valence-corrected chi connectivity index (χ4v) is 2.03. The number of carbonyl (C=O) groups excluding carboxylic acids is 2. The summed E-state index contributed by atoms with van der Waals surface area (Å²) in [7, 11) is 0. The van der Waals surface area contributed by atoms with Gasteiger partial charge in [-0.3, -0.25) is 9.59 Å². The Balaban J connectivity index is 1.90. The van der Waals surface area contributed by atoms with Crippen LogP contribution in [0.25, 0.3) is 0 Å². The van der Waals surface area contributed by atoms with Crippen molar-refractivity contribution in [2.24, 2.45) is 5.73 Å². The maximum absolute atomic E-state index is 11.9. The molecule has 120 valence electrons. The first-order chi connectivity index (χ1) is 11.0. The lowest BCUT2D eigenvalue weighted by Gasteiger charge is -2.10. The molecule has 2 amide bonds. The SMILES string of the molecule is CC(C)c1cccc(OCC(=O)Nc2ccc(C(N)=O)cc2)c1. The molecule has 0 aliphatic heterocycles. The molecule has 0 heterocycles. The minimum absolute atomic E-state index is 0.0842. The average Bonchev–Trinajstić information content (AvgIpc) is 2.53. The van der Waals surface area contributed by atoms with Gasteiger partial charge in [0.1, 0.15) is 5.75 Å². The Morgan fingerprint density at radius 2 is 1.83 bits per heavy atom. The summed E-state index contributed by atoms with van der Waals surface area (Å²) in [5, 5.41) is 2.70. The number of primary amides is 1. The molecule has 0 atom stereocenters. The van der Waals surface area contributed by atoms with Crippen LogP contribution in [-0.2, 0) is 4.79 Å². The van der Waals surface area contributed by atoms with Gasteiger partial charge >= 0.3 is 0 Å². The number of hydrogen-bond acceptors (Lipinski definition) is 3. The first-order valence-corrected chi connectivity index (χ1v) is 7.38. The van der Waals surface area contributed by atoms with Gasteiger partial charge in [0, 0.05) is 11.3 Å². The van der Waals surface area contributed by atoms with E-state index in [0.29, 0.717) is 22.9 Å². The van der Waals surface area contributed by atoms with E-state index in [1.807, 2.05) is 24.3 Å². The van der Waals surface area contributed by atoms with Gasteiger partial charge in [-0.1, -0.05) is 26.0 Å². The number of carbonyl (C=O) groups is 2. The summed E-state index contributed by atoms with van der Waals surface area (Å²) >= 11 is 0. The minimum Gasteiger partial charge on any atom is -0.484 e. The lowest BCUT2D eigenvalue weighted by atomic mass is 10.0. The lowest BCUT2D eigenvalue weighted by Crippen LogP contribution is -2.20. The molecule has 0 saturated carbocycles. The van der Waals surface area contributed by atoms with Crippen molar-refractivity contribution in [2.45, 2.75) is 19.8 Å². The van der Waals surface area contributed by atoms with E-state index in [-0.39, 0.29) is 12.5 Å². The fourth-order valence-electron chi connectivity index (χ4n) is 2.03. The lowest BCUT2D eigenvalue weighted by molar-refractivity contribution is -0.118. The Kier molecular flexibility index (Phi) is 5.36. The van der Waals surface area contributed by atoms with Crippen molar-refractivity contribution in [2.75, 3.05) is 11.9 Å². The number of ether oxygens (including phenoxy) is 1. The van der Waals surface area contributed by atoms with E-state index < -0.39 is 5.91 Å². The third-order valence-electron chi connectivity index (χ3n) is 3.35. The van der Waals surface area contributed by atoms with Crippen molar-refractivity contribution in [1.29, 1.82) is 0 Å². The summed E-state index contributed by atoms with van der Waals surface area (Å²) in [6.07, 6.45) is 0. The standard InChI is InChI=1S/C18H20N2O3/c1-12(2)14-4-3-5-16(10-14)23-11-17(21)20-15-8-6-13(7-9-15)18(19)22/h3-10,12H,11H2,1-2H3,(H2,19,22)(H,20,21). The second kappa shape index (κ2) is 7.45. The van der Waals surface area contributed by atoms with Gasteiger partial charge in [0.25, 0.3) is 5.91 Å². The molecule has 2 aromatic rings. The van der Waals surface area contributed by atoms with Crippen LogP contribution in [0.2, 0.25) is 0 Å². The van der Waals surface area contributed by atoms with E-state index in [4.69, 9.17) is 10.5 Å². The zero-order chi connectivity index (χ0) is 16.8. The smallest absolute Gasteiger partial charge is 0.262 e. The van der Waals surface area contributed by atoms with E-state index in [9.17, 15) is 9.59 Å². The van der Waals surface area contributed by atoms with Gasteiger partial charge in [-0.05, 0) is 47.9 Å². The first kappa shape index (κ1) is 16.5. The van der Waals surface area contributed by atoms with Crippen LogP contribution in [0.15, 0.2) is 48.5 Å². The predicted molar refractivity (Wildman–Crippen MR) is 89.6 cm³/mol. The van der Waals surface area contributed by atoms with Crippen molar-refractivity contribution >= 4 is 17.5 Å². The molecule has 0 spiro atoms. The molecule has 0 radical (unpaired) electrons. The molecule has 5 heteroatoms. The normalized spacial score (nSPS) is 10.4. The van der Waals surface area contributed by atoms with Crippen molar-refractivity contribution in [3.05, 3.63) is 59.7 Å². The van der Waals surface area contributed by atoms with Crippen LogP contribution in [-0.4, -0.2) is 18.4 Å². The van der Waals surface area contributed by atoms with Gasteiger partial charge in [-0.25, -0.2) is 0 Å². The molecule has 23 heavy (non-hydrogen) atoms. The molecule has 0 bridgehead atoms. The van der Waals surface area contributed by atoms with Gasteiger partial charge in [-0.2, -0.15) is 0 Å². The molecular weight excluding hydrogens is 292 g/mol. The Morgan fingerprint density at radius 3 is 2.43 bits per heavy atom. The van der Waals surface area contributed by atoms with Crippen molar-refractivity contribution in [3.8, 4) is 5.75 Å². The van der Waals surface area contributed by atoms with E-state index >= 15 is 0 Å². The number of benzene rings is 2. The Morgan fingerprint density at radius 1 is 1.13 bits per heavy atom. The summed E-state index contributed by atoms with van der Waals surface area (Å²) < 4.78 is 5.51. The number of anilines is 1. The summed E-state index contributed by atoms with van der Waals surface area (Å²) in [6.45, 7) is 4.11. The van der Waals surface area contributed by atoms with Gasteiger partial charge in [-0.15, -0.1) is 0 Å². The first-order valence-electron chi connectivity index (χ1n) is 7.38. The molecule has 2 rings (SSSR count). The maximum Gasteiger partial charge on any atom is 0.262 e. The van der Waals surface area contributed by atoms with Gasteiger partial charge in [0.15, 0.2) is 6.61 Å². The van der Waals surface area contributed by atoms with E-state index in [1.165, 1.54) is 0 Å². The topological polar surface area (TPSA) is 81.4 Å². The highest BCUT2D eigenvalue weighted by Gasteiger charge is 2.06. The molecule has 2 aromatic carbocycles. The molecule has 5 nitrogen and oxygen atoms in total. The highest BCUT2D eigenvalue weighted by atomic mass is 16.5. The number of nitrogens with one attached hydrogen (secondary N) is 1. The zero-order valence-electron chi connectivity index (χ0n) is 13.2. The summed E-state index contributed by atoms with van der Waals surface area (Å²) in [5.74, 6) is 0.287. The average molecular weight is 312 g/mol. The largest absolute Gasteiger partial charge is 0.484 e. The van der Waals surface area contributed by atoms with Crippen LogP contribution in [0.4, 0.5) is 5.69 Å². The third-order valence-corrected chi connectivity index (χ3v) is 3.35. The maximum atomic E-state index is 11.9. The van der Waals surface area contributed by atoms with Crippen LogP contribution in [0.3, 0.4) is 0 Å². The predicted octanol–water partition coefficient (Wildman–Crippen LogP) is 2.93. The number of nitrogens with two attached hydrogens (primary N) is 1. The number of rotatable bonds is 6. The van der Waals surface area contributed by atoms with Gasteiger partial charge in [0.05, 0.1) is 0 Å². The molecule has 0 unspecified atom stereocenters. The Bertz CT molecular complexity index is 694. The second-order valence-corrected chi connectivity index (χ2v) is 5.51.